The smallest absolute Gasteiger partial charge is 0.245 e. The van der Waals surface area contributed by atoms with Gasteiger partial charge in [-0.15, -0.1) is 0 Å². The molecule has 0 aromatic heterocycles. The van der Waals surface area contributed by atoms with Crippen LogP contribution in [0.25, 0.3) is 0 Å². The Morgan fingerprint density at radius 3 is 2.29 bits per heavy atom. The van der Waals surface area contributed by atoms with Crippen molar-refractivity contribution in [3.63, 3.8) is 0 Å². The lowest BCUT2D eigenvalue weighted by Crippen LogP contribution is -2.37. The molecule has 0 radical (unpaired) electrons. The standard InChI is InChI=1S/C15H13Cl2IN2O3S/c1-24(22,23)20(12-5-2-10(18)3-6-12)9-15(21)19-11-4-7-13(16)14(17)8-11/h2-8H,9H2,1H3,(H,19,21). The van der Waals surface area contributed by atoms with Gasteiger partial charge < -0.3 is 5.32 Å². The Balaban J connectivity index is 2.18. The van der Waals surface area contributed by atoms with Crippen molar-refractivity contribution in [1.82, 2.24) is 0 Å². The van der Waals surface area contributed by atoms with Crippen LogP contribution in [0.15, 0.2) is 42.5 Å². The molecule has 0 aliphatic carbocycles. The Labute approximate surface area is 164 Å². The van der Waals surface area contributed by atoms with Gasteiger partial charge in [0.25, 0.3) is 0 Å². The fraction of sp³-hybridized carbons (Fsp3) is 0.133. The maximum absolute atomic E-state index is 12.2. The number of carbonyl (C=O) groups is 1. The van der Waals surface area contributed by atoms with Crippen LogP contribution in [0, 0.1) is 3.57 Å². The first-order valence-corrected chi connectivity index (χ1v) is 10.3. The second kappa shape index (κ2) is 7.90. The summed E-state index contributed by atoms with van der Waals surface area (Å²) < 4.78 is 26.0. The summed E-state index contributed by atoms with van der Waals surface area (Å²) in [4.78, 5) is 12.2. The highest BCUT2D eigenvalue weighted by Gasteiger charge is 2.21. The molecule has 2 aromatic carbocycles. The van der Waals surface area contributed by atoms with E-state index in [4.69, 9.17) is 23.2 Å². The first-order chi connectivity index (χ1) is 11.2. The highest BCUT2D eigenvalue weighted by Crippen LogP contribution is 2.25. The minimum absolute atomic E-state index is 0.298. The van der Waals surface area contributed by atoms with Gasteiger partial charge in [0.2, 0.25) is 15.9 Å². The molecule has 128 valence electrons. The summed E-state index contributed by atoms with van der Waals surface area (Å²) in [6.07, 6.45) is 1.05. The molecule has 0 aliphatic heterocycles. The fourth-order valence-electron chi connectivity index (χ4n) is 1.91. The quantitative estimate of drug-likeness (QED) is 0.633. The Hall–Kier alpha value is -1.03. The predicted octanol–water partition coefficient (Wildman–Crippen LogP) is 4.00. The lowest BCUT2D eigenvalue weighted by Gasteiger charge is -2.22. The Morgan fingerprint density at radius 2 is 1.75 bits per heavy atom. The van der Waals surface area contributed by atoms with Crippen LogP contribution in [0.3, 0.4) is 0 Å². The number of sulfonamides is 1. The van der Waals surface area contributed by atoms with Crippen LogP contribution in [-0.2, 0) is 14.8 Å². The number of nitrogens with one attached hydrogen (secondary N) is 1. The molecule has 0 spiro atoms. The largest absolute Gasteiger partial charge is 0.324 e. The number of hydrogen-bond donors (Lipinski definition) is 1. The molecule has 0 bridgehead atoms. The molecule has 0 saturated carbocycles. The molecule has 1 N–H and O–H groups in total. The predicted molar refractivity (Wildman–Crippen MR) is 106 cm³/mol. The number of carbonyl (C=O) groups excluding carboxylic acids is 1. The minimum Gasteiger partial charge on any atom is -0.324 e. The maximum Gasteiger partial charge on any atom is 0.245 e. The highest BCUT2D eigenvalue weighted by atomic mass is 127. The maximum atomic E-state index is 12.2. The van der Waals surface area contributed by atoms with E-state index in [-0.39, 0.29) is 6.54 Å². The summed E-state index contributed by atoms with van der Waals surface area (Å²) >= 11 is 13.8. The summed E-state index contributed by atoms with van der Waals surface area (Å²) in [5.41, 5.74) is 0.854. The summed E-state index contributed by atoms with van der Waals surface area (Å²) in [5.74, 6) is -0.489. The van der Waals surface area contributed by atoms with Gasteiger partial charge in [0.15, 0.2) is 0 Å². The third-order valence-corrected chi connectivity index (χ3v) is 5.60. The van der Waals surface area contributed by atoms with E-state index < -0.39 is 15.9 Å². The minimum atomic E-state index is -3.61. The van der Waals surface area contributed by atoms with Gasteiger partial charge in [0.05, 0.1) is 22.0 Å². The molecule has 0 aliphatic rings. The molecule has 24 heavy (non-hydrogen) atoms. The van der Waals surface area contributed by atoms with Gasteiger partial charge in [0.1, 0.15) is 6.54 Å². The van der Waals surface area contributed by atoms with Gasteiger partial charge in [-0.05, 0) is 65.1 Å². The van der Waals surface area contributed by atoms with E-state index in [1.54, 1.807) is 36.4 Å². The molecule has 9 heteroatoms. The van der Waals surface area contributed by atoms with Crippen molar-refractivity contribution in [3.05, 3.63) is 56.1 Å². The van der Waals surface area contributed by atoms with Crippen LogP contribution in [0.4, 0.5) is 11.4 Å². The van der Waals surface area contributed by atoms with Gasteiger partial charge in [-0.1, -0.05) is 23.2 Å². The van der Waals surface area contributed by atoms with E-state index in [0.717, 1.165) is 14.1 Å². The molecule has 2 rings (SSSR count). The summed E-state index contributed by atoms with van der Waals surface area (Å²) in [5, 5.41) is 3.27. The molecule has 0 saturated heterocycles. The monoisotopic (exact) mass is 498 g/mol. The molecule has 0 fully saturated rings. The van der Waals surface area contributed by atoms with E-state index >= 15 is 0 Å². The normalized spacial score (nSPS) is 11.2. The highest BCUT2D eigenvalue weighted by molar-refractivity contribution is 14.1. The van der Waals surface area contributed by atoms with Crippen molar-refractivity contribution >= 4 is 73.1 Å². The lowest BCUT2D eigenvalue weighted by atomic mass is 10.3. The van der Waals surface area contributed by atoms with E-state index in [1.807, 2.05) is 0 Å². The number of hydrogen-bond acceptors (Lipinski definition) is 3. The average molecular weight is 499 g/mol. The first kappa shape index (κ1) is 19.3. The fourth-order valence-corrected chi connectivity index (χ4v) is 3.43. The Kier molecular flexibility index (Phi) is 6.35. The van der Waals surface area contributed by atoms with Gasteiger partial charge in [-0.25, -0.2) is 8.42 Å². The topological polar surface area (TPSA) is 66.5 Å². The van der Waals surface area contributed by atoms with E-state index in [0.29, 0.717) is 21.4 Å². The summed E-state index contributed by atoms with van der Waals surface area (Å²) in [6, 6.07) is 11.5. The molecule has 5 nitrogen and oxygen atoms in total. The van der Waals surface area contributed by atoms with Crippen LogP contribution in [0.2, 0.25) is 10.0 Å². The van der Waals surface area contributed by atoms with Crippen LogP contribution in [-0.4, -0.2) is 27.1 Å². The van der Waals surface area contributed by atoms with E-state index in [9.17, 15) is 13.2 Å². The van der Waals surface area contributed by atoms with Gasteiger partial charge in [-0.2, -0.15) is 0 Å². The number of anilines is 2. The van der Waals surface area contributed by atoms with Crippen molar-refractivity contribution in [1.29, 1.82) is 0 Å². The van der Waals surface area contributed by atoms with Crippen LogP contribution in [0.5, 0.6) is 0 Å². The third-order valence-electron chi connectivity index (χ3n) is 3.01. The lowest BCUT2D eigenvalue weighted by molar-refractivity contribution is -0.114. The van der Waals surface area contributed by atoms with Crippen molar-refractivity contribution in [2.24, 2.45) is 0 Å². The average Bonchev–Trinajstić information content (AvgIpc) is 2.49. The molecule has 0 unspecified atom stereocenters. The second-order valence-corrected chi connectivity index (χ2v) is 8.89. The zero-order valence-electron chi connectivity index (χ0n) is 12.5. The Morgan fingerprint density at radius 1 is 1.12 bits per heavy atom. The molecule has 0 atom stereocenters. The van der Waals surface area contributed by atoms with E-state index in [2.05, 4.69) is 27.9 Å². The van der Waals surface area contributed by atoms with Gasteiger partial charge in [-0.3, -0.25) is 9.10 Å². The first-order valence-electron chi connectivity index (χ1n) is 6.65. The van der Waals surface area contributed by atoms with Crippen LogP contribution >= 0.6 is 45.8 Å². The van der Waals surface area contributed by atoms with Crippen molar-refractivity contribution in [2.75, 3.05) is 22.4 Å². The van der Waals surface area contributed by atoms with Crippen LogP contribution < -0.4 is 9.62 Å². The van der Waals surface area contributed by atoms with E-state index in [1.165, 1.54) is 6.07 Å². The number of amides is 1. The van der Waals surface area contributed by atoms with Gasteiger partial charge in [0, 0.05) is 9.26 Å². The molecular formula is C15H13Cl2IN2O3S. The Bertz CT molecular complexity index is 858. The number of rotatable bonds is 5. The van der Waals surface area contributed by atoms with Crippen molar-refractivity contribution < 1.29 is 13.2 Å². The molecule has 0 heterocycles. The summed E-state index contributed by atoms with van der Waals surface area (Å²) in [6.45, 7) is -0.348. The van der Waals surface area contributed by atoms with Gasteiger partial charge >= 0.3 is 0 Å². The van der Waals surface area contributed by atoms with Crippen molar-refractivity contribution in [2.45, 2.75) is 0 Å². The zero-order chi connectivity index (χ0) is 17.9. The van der Waals surface area contributed by atoms with Crippen LogP contribution in [0.1, 0.15) is 0 Å². The zero-order valence-corrected chi connectivity index (χ0v) is 16.9. The van der Waals surface area contributed by atoms with Crippen molar-refractivity contribution in [3.8, 4) is 0 Å². The molecule has 1 amide bonds. The SMILES string of the molecule is CS(=O)(=O)N(CC(=O)Nc1ccc(Cl)c(Cl)c1)c1ccc(I)cc1. The number of nitrogens with zero attached hydrogens (tertiary/aromatic N) is 1. The number of halogens is 3. The third kappa shape index (κ3) is 5.23. The summed E-state index contributed by atoms with van der Waals surface area (Å²) in [7, 11) is -3.61. The number of benzene rings is 2. The molecule has 2 aromatic rings. The molecular weight excluding hydrogens is 486 g/mol. The second-order valence-electron chi connectivity index (χ2n) is 4.92.